The van der Waals surface area contributed by atoms with Crippen LogP contribution in [0.4, 0.5) is 5.82 Å². The van der Waals surface area contributed by atoms with E-state index in [-0.39, 0.29) is 0 Å². The molecule has 0 bridgehead atoms. The number of aryl methyl sites for hydroxylation is 1. The predicted molar refractivity (Wildman–Crippen MR) is 76.3 cm³/mol. The van der Waals surface area contributed by atoms with Crippen molar-refractivity contribution < 1.29 is 4.74 Å². The number of ether oxygens (including phenoxy) is 1. The van der Waals surface area contributed by atoms with E-state index in [0.29, 0.717) is 6.61 Å². The fourth-order valence-electron chi connectivity index (χ4n) is 1.87. The summed E-state index contributed by atoms with van der Waals surface area (Å²) in [7, 11) is 3.52. The van der Waals surface area contributed by atoms with Gasteiger partial charge in [0.2, 0.25) is 0 Å². The lowest BCUT2D eigenvalue weighted by Crippen LogP contribution is -2.05. The molecule has 0 atom stereocenters. The molecule has 0 saturated carbocycles. The van der Waals surface area contributed by atoms with Crippen LogP contribution >= 0.6 is 0 Å². The van der Waals surface area contributed by atoms with Gasteiger partial charge >= 0.3 is 0 Å². The molecule has 0 unspecified atom stereocenters. The van der Waals surface area contributed by atoms with E-state index < -0.39 is 0 Å². The number of rotatable bonds is 5. The van der Waals surface area contributed by atoms with E-state index in [1.54, 1.807) is 7.11 Å². The van der Waals surface area contributed by atoms with Gasteiger partial charge in [0.1, 0.15) is 11.6 Å². The van der Waals surface area contributed by atoms with E-state index in [0.717, 1.165) is 23.8 Å². The van der Waals surface area contributed by atoms with Crippen LogP contribution < -0.4 is 5.32 Å². The van der Waals surface area contributed by atoms with Gasteiger partial charge in [-0.15, -0.1) is 0 Å². The molecular formula is C15H19N3O. The SMILES string of the molecule is CNc1cc(COC)nc(Cc2ccc(C)cc2)n1. The van der Waals surface area contributed by atoms with Crippen molar-refractivity contribution in [2.24, 2.45) is 0 Å². The molecule has 0 saturated heterocycles. The summed E-state index contributed by atoms with van der Waals surface area (Å²) in [5, 5.41) is 3.05. The first kappa shape index (κ1) is 13.5. The molecule has 1 aromatic heterocycles. The average Bonchev–Trinajstić information content (AvgIpc) is 2.41. The van der Waals surface area contributed by atoms with Crippen LogP contribution in [0.15, 0.2) is 30.3 Å². The van der Waals surface area contributed by atoms with Crippen molar-refractivity contribution in [2.75, 3.05) is 19.5 Å². The number of nitrogens with zero attached hydrogens (tertiary/aromatic N) is 2. The third-order valence-electron chi connectivity index (χ3n) is 2.86. The van der Waals surface area contributed by atoms with E-state index in [4.69, 9.17) is 4.74 Å². The van der Waals surface area contributed by atoms with Gasteiger partial charge in [-0.3, -0.25) is 0 Å². The average molecular weight is 257 g/mol. The molecule has 4 heteroatoms. The van der Waals surface area contributed by atoms with Crippen LogP contribution in [-0.4, -0.2) is 24.1 Å². The molecule has 0 fully saturated rings. The van der Waals surface area contributed by atoms with Crippen molar-refractivity contribution in [1.29, 1.82) is 0 Å². The number of benzene rings is 1. The summed E-state index contributed by atoms with van der Waals surface area (Å²) in [6, 6.07) is 10.3. The van der Waals surface area contributed by atoms with Crippen LogP contribution in [0.3, 0.4) is 0 Å². The molecule has 1 N–H and O–H groups in total. The highest BCUT2D eigenvalue weighted by Crippen LogP contribution is 2.12. The normalized spacial score (nSPS) is 10.5. The maximum absolute atomic E-state index is 5.13. The summed E-state index contributed by atoms with van der Waals surface area (Å²) < 4.78 is 5.13. The topological polar surface area (TPSA) is 47.0 Å². The van der Waals surface area contributed by atoms with Crippen molar-refractivity contribution in [2.45, 2.75) is 20.0 Å². The van der Waals surface area contributed by atoms with Crippen molar-refractivity contribution >= 4 is 5.82 Å². The molecule has 0 aliphatic heterocycles. The minimum atomic E-state index is 0.498. The first-order chi connectivity index (χ1) is 9.21. The maximum atomic E-state index is 5.13. The van der Waals surface area contributed by atoms with Gasteiger partial charge in [-0.25, -0.2) is 9.97 Å². The molecule has 19 heavy (non-hydrogen) atoms. The molecule has 0 radical (unpaired) electrons. The summed E-state index contributed by atoms with van der Waals surface area (Å²) in [6.07, 6.45) is 0.729. The van der Waals surface area contributed by atoms with E-state index in [1.165, 1.54) is 11.1 Å². The smallest absolute Gasteiger partial charge is 0.135 e. The Balaban J connectivity index is 2.23. The van der Waals surface area contributed by atoms with Gasteiger partial charge in [0.15, 0.2) is 0 Å². The second kappa shape index (κ2) is 6.29. The molecule has 2 aromatic rings. The first-order valence-electron chi connectivity index (χ1n) is 6.30. The van der Waals surface area contributed by atoms with Crippen molar-refractivity contribution in [1.82, 2.24) is 9.97 Å². The minimum absolute atomic E-state index is 0.498. The van der Waals surface area contributed by atoms with E-state index in [9.17, 15) is 0 Å². The lowest BCUT2D eigenvalue weighted by atomic mass is 10.1. The van der Waals surface area contributed by atoms with Crippen LogP contribution in [-0.2, 0) is 17.8 Å². The highest BCUT2D eigenvalue weighted by Gasteiger charge is 2.05. The maximum Gasteiger partial charge on any atom is 0.135 e. The van der Waals surface area contributed by atoms with Gasteiger partial charge in [0, 0.05) is 26.6 Å². The van der Waals surface area contributed by atoms with Gasteiger partial charge in [0.05, 0.1) is 12.3 Å². The van der Waals surface area contributed by atoms with Crippen LogP contribution in [0, 0.1) is 6.92 Å². The van der Waals surface area contributed by atoms with Crippen LogP contribution in [0.25, 0.3) is 0 Å². The zero-order chi connectivity index (χ0) is 13.7. The number of anilines is 1. The monoisotopic (exact) mass is 257 g/mol. The fraction of sp³-hybridized carbons (Fsp3) is 0.333. The van der Waals surface area contributed by atoms with Crippen LogP contribution in [0.2, 0.25) is 0 Å². The van der Waals surface area contributed by atoms with Gasteiger partial charge in [-0.05, 0) is 12.5 Å². The third kappa shape index (κ3) is 3.76. The summed E-state index contributed by atoms with van der Waals surface area (Å²) in [5.41, 5.74) is 3.36. The van der Waals surface area contributed by atoms with E-state index in [1.807, 2.05) is 13.1 Å². The summed E-state index contributed by atoms with van der Waals surface area (Å²) in [5.74, 6) is 1.63. The Morgan fingerprint density at radius 2 is 1.89 bits per heavy atom. The standard InChI is InChI=1S/C15H19N3O/c1-11-4-6-12(7-5-11)8-15-17-13(10-19-3)9-14(16-2)18-15/h4-7,9H,8,10H2,1-3H3,(H,16,17,18). The van der Waals surface area contributed by atoms with Crippen LogP contribution in [0.1, 0.15) is 22.6 Å². The molecule has 0 aliphatic rings. The molecule has 2 rings (SSSR count). The molecular weight excluding hydrogens is 238 g/mol. The van der Waals surface area contributed by atoms with E-state index in [2.05, 4.69) is 46.5 Å². The summed E-state index contributed by atoms with van der Waals surface area (Å²) in [6.45, 7) is 2.58. The van der Waals surface area contributed by atoms with Crippen molar-refractivity contribution in [3.63, 3.8) is 0 Å². The Labute approximate surface area is 113 Å². The quantitative estimate of drug-likeness (QED) is 0.894. The van der Waals surface area contributed by atoms with E-state index >= 15 is 0 Å². The number of nitrogens with one attached hydrogen (secondary N) is 1. The fourth-order valence-corrected chi connectivity index (χ4v) is 1.87. The van der Waals surface area contributed by atoms with Gasteiger partial charge < -0.3 is 10.1 Å². The zero-order valence-corrected chi connectivity index (χ0v) is 11.6. The van der Waals surface area contributed by atoms with Crippen molar-refractivity contribution in [3.8, 4) is 0 Å². The molecule has 0 amide bonds. The number of hydrogen-bond donors (Lipinski definition) is 1. The van der Waals surface area contributed by atoms with Gasteiger partial charge in [-0.2, -0.15) is 0 Å². The Bertz CT molecular complexity index is 538. The molecule has 0 spiro atoms. The minimum Gasteiger partial charge on any atom is -0.378 e. The lowest BCUT2D eigenvalue weighted by Gasteiger charge is -2.07. The number of hydrogen-bond acceptors (Lipinski definition) is 4. The molecule has 1 heterocycles. The summed E-state index contributed by atoms with van der Waals surface area (Å²) >= 11 is 0. The molecule has 0 aliphatic carbocycles. The second-order valence-corrected chi connectivity index (χ2v) is 4.51. The lowest BCUT2D eigenvalue weighted by molar-refractivity contribution is 0.181. The Morgan fingerprint density at radius 1 is 1.16 bits per heavy atom. The summed E-state index contributed by atoms with van der Waals surface area (Å²) in [4.78, 5) is 8.99. The Morgan fingerprint density at radius 3 is 2.53 bits per heavy atom. The first-order valence-corrected chi connectivity index (χ1v) is 6.30. The Hall–Kier alpha value is -1.94. The second-order valence-electron chi connectivity index (χ2n) is 4.51. The predicted octanol–water partition coefficient (Wildman–Crippen LogP) is 2.56. The third-order valence-corrected chi connectivity index (χ3v) is 2.86. The highest BCUT2D eigenvalue weighted by atomic mass is 16.5. The van der Waals surface area contributed by atoms with Gasteiger partial charge in [-0.1, -0.05) is 29.8 Å². The Kier molecular flexibility index (Phi) is 4.47. The number of methoxy groups -OCH3 is 1. The molecule has 4 nitrogen and oxygen atoms in total. The van der Waals surface area contributed by atoms with Crippen molar-refractivity contribution in [3.05, 3.63) is 53.0 Å². The van der Waals surface area contributed by atoms with Crippen LogP contribution in [0.5, 0.6) is 0 Å². The number of aromatic nitrogens is 2. The largest absolute Gasteiger partial charge is 0.378 e. The molecule has 100 valence electrons. The highest BCUT2D eigenvalue weighted by molar-refractivity contribution is 5.36. The molecule has 1 aromatic carbocycles. The zero-order valence-electron chi connectivity index (χ0n) is 11.6. The van der Waals surface area contributed by atoms with Gasteiger partial charge in [0.25, 0.3) is 0 Å².